The molecule has 0 radical (unpaired) electrons. The van der Waals surface area contributed by atoms with Crippen molar-refractivity contribution in [3.63, 3.8) is 0 Å². The molecular formula is C7H11NOS2. The summed E-state index contributed by atoms with van der Waals surface area (Å²) in [7, 11) is 0. The molecule has 0 amide bonds. The Hall–Kier alpha value is -0.480. The van der Waals surface area contributed by atoms with Crippen molar-refractivity contribution in [2.24, 2.45) is 0 Å². The fourth-order valence-electron chi connectivity index (χ4n) is 0.452. The molecule has 1 N–H and O–H groups in total. The van der Waals surface area contributed by atoms with Crippen LogP contribution in [0.4, 0.5) is 0 Å². The highest BCUT2D eigenvalue weighted by Crippen LogP contribution is 2.03. The molecule has 0 spiro atoms. The second-order valence-electron chi connectivity index (χ2n) is 1.62. The van der Waals surface area contributed by atoms with Crippen molar-refractivity contribution in [1.29, 1.82) is 0 Å². The van der Waals surface area contributed by atoms with Crippen LogP contribution < -0.4 is 0 Å². The van der Waals surface area contributed by atoms with Crippen molar-refractivity contribution in [3.8, 4) is 0 Å². The molecule has 1 aromatic heterocycles. The topological polar surface area (TPSA) is 32.9 Å². The fourth-order valence-corrected chi connectivity index (χ4v) is 1.33. The van der Waals surface area contributed by atoms with Crippen LogP contribution in [0.2, 0.25) is 0 Å². The van der Waals surface area contributed by atoms with E-state index in [1.54, 1.807) is 5.38 Å². The summed E-state index contributed by atoms with van der Waals surface area (Å²) in [5.74, 6) is 0.0300. The Morgan fingerprint density at radius 1 is 1.64 bits per heavy atom. The van der Waals surface area contributed by atoms with Crippen LogP contribution in [-0.2, 0) is 0 Å². The van der Waals surface area contributed by atoms with E-state index in [1.165, 1.54) is 18.3 Å². The Morgan fingerprint density at radius 3 is 2.36 bits per heavy atom. The van der Waals surface area contributed by atoms with Gasteiger partial charge >= 0.3 is 0 Å². The number of H-pyrrole nitrogens is 1. The minimum absolute atomic E-state index is 0.0300. The van der Waals surface area contributed by atoms with Crippen LogP contribution in [0.5, 0.6) is 0 Å². The van der Waals surface area contributed by atoms with Crippen LogP contribution in [-0.4, -0.2) is 10.8 Å². The Morgan fingerprint density at radius 2 is 2.18 bits per heavy atom. The van der Waals surface area contributed by atoms with Crippen LogP contribution in [0.25, 0.3) is 0 Å². The molecule has 0 unspecified atom stereocenters. The molecule has 0 saturated heterocycles. The predicted molar refractivity (Wildman–Crippen MR) is 50.9 cm³/mol. The number of aromatic amines is 1. The summed E-state index contributed by atoms with van der Waals surface area (Å²) in [5, 5.41) is 1.73. The van der Waals surface area contributed by atoms with Crippen molar-refractivity contribution < 1.29 is 4.79 Å². The number of nitrogens with one attached hydrogen (secondary N) is 1. The smallest absolute Gasteiger partial charge is 0.176 e. The molecule has 0 atom stereocenters. The first-order valence-corrected chi connectivity index (χ1v) is 4.67. The third-order valence-corrected chi connectivity index (χ3v) is 1.96. The van der Waals surface area contributed by atoms with Gasteiger partial charge in [-0.2, -0.15) is 0 Å². The van der Waals surface area contributed by atoms with Crippen molar-refractivity contribution in [1.82, 2.24) is 4.98 Å². The van der Waals surface area contributed by atoms with Crippen LogP contribution in [0.1, 0.15) is 31.3 Å². The first kappa shape index (κ1) is 10.5. The van der Waals surface area contributed by atoms with E-state index in [0.717, 1.165) is 0 Å². The number of aromatic nitrogens is 1. The maximum Gasteiger partial charge on any atom is 0.176 e. The number of rotatable bonds is 1. The van der Waals surface area contributed by atoms with E-state index in [-0.39, 0.29) is 5.78 Å². The average Bonchev–Trinajstić information content (AvgIpc) is 2.40. The summed E-state index contributed by atoms with van der Waals surface area (Å²) >= 11 is 6.13. The van der Waals surface area contributed by atoms with Crippen LogP contribution in [0, 0.1) is 3.95 Å². The molecule has 0 aliphatic carbocycles. The Kier molecular flexibility index (Phi) is 4.98. The number of Topliss-reactive ketones (excluding diaryl/α,β-unsaturated/α-hetero) is 1. The number of thiazole rings is 1. The van der Waals surface area contributed by atoms with Gasteiger partial charge in [0.15, 0.2) is 9.74 Å². The summed E-state index contributed by atoms with van der Waals surface area (Å²) in [6.07, 6.45) is 0. The summed E-state index contributed by atoms with van der Waals surface area (Å²) < 4.78 is 0.653. The highest BCUT2D eigenvalue weighted by Gasteiger charge is 1.97. The first-order valence-electron chi connectivity index (χ1n) is 3.39. The third-order valence-electron chi connectivity index (χ3n) is 0.900. The van der Waals surface area contributed by atoms with Crippen molar-refractivity contribution in [2.45, 2.75) is 20.8 Å². The molecule has 1 heterocycles. The Labute approximate surface area is 75.3 Å². The molecule has 0 aliphatic heterocycles. The standard InChI is InChI=1S/C5H5NOS2.C2H6/c1-3(7)4-2-9-5(8)6-4;1-2/h2H,1H3,(H,6,8);1-2H3. The Balaban J connectivity index is 0.000000461. The molecule has 0 saturated carbocycles. The molecule has 0 fully saturated rings. The third kappa shape index (κ3) is 3.43. The van der Waals surface area contributed by atoms with Gasteiger partial charge in [-0.25, -0.2) is 0 Å². The highest BCUT2D eigenvalue weighted by atomic mass is 32.1. The molecular weight excluding hydrogens is 178 g/mol. The molecule has 11 heavy (non-hydrogen) atoms. The average molecular weight is 189 g/mol. The second-order valence-corrected chi connectivity index (χ2v) is 3.16. The van der Waals surface area contributed by atoms with Crippen molar-refractivity contribution in [3.05, 3.63) is 15.0 Å². The Bertz CT molecular complexity index is 274. The first-order chi connectivity index (χ1) is 5.20. The summed E-state index contributed by atoms with van der Waals surface area (Å²) in [5.41, 5.74) is 0.602. The number of carbonyl (C=O) groups is 1. The van der Waals surface area contributed by atoms with Crippen molar-refractivity contribution >= 4 is 29.3 Å². The quantitative estimate of drug-likeness (QED) is 0.544. The number of ketones is 1. The van der Waals surface area contributed by atoms with Gasteiger partial charge in [0.2, 0.25) is 0 Å². The van der Waals surface area contributed by atoms with Gasteiger partial charge in [0.05, 0.1) is 5.69 Å². The van der Waals surface area contributed by atoms with Gasteiger partial charge in [0.25, 0.3) is 0 Å². The van der Waals surface area contributed by atoms with Crippen LogP contribution in [0.3, 0.4) is 0 Å². The van der Waals surface area contributed by atoms with Crippen LogP contribution >= 0.6 is 23.6 Å². The maximum absolute atomic E-state index is 10.6. The van der Waals surface area contributed by atoms with E-state index in [0.29, 0.717) is 9.65 Å². The minimum Gasteiger partial charge on any atom is -0.335 e. The zero-order chi connectivity index (χ0) is 8.85. The lowest BCUT2D eigenvalue weighted by molar-refractivity contribution is 0.101. The largest absolute Gasteiger partial charge is 0.335 e. The van der Waals surface area contributed by atoms with E-state index in [4.69, 9.17) is 12.2 Å². The second kappa shape index (κ2) is 5.21. The van der Waals surface area contributed by atoms with Crippen LogP contribution in [0.15, 0.2) is 5.38 Å². The molecule has 4 heteroatoms. The summed E-state index contributed by atoms with van der Waals surface area (Å²) in [6, 6.07) is 0. The SMILES string of the molecule is CC.CC(=O)c1csc(=S)[nH]1. The molecule has 1 aromatic rings. The number of carbonyl (C=O) groups excluding carboxylic acids is 1. The van der Waals surface area contributed by atoms with Crippen molar-refractivity contribution in [2.75, 3.05) is 0 Å². The van der Waals surface area contributed by atoms with Gasteiger partial charge in [0.1, 0.15) is 0 Å². The number of hydrogen-bond donors (Lipinski definition) is 1. The molecule has 0 aliphatic rings. The molecule has 0 aromatic carbocycles. The van der Waals surface area contributed by atoms with Gasteiger partial charge < -0.3 is 4.98 Å². The molecule has 1 rings (SSSR count). The van der Waals surface area contributed by atoms with Gasteiger partial charge in [0, 0.05) is 12.3 Å². The zero-order valence-electron chi connectivity index (χ0n) is 6.80. The maximum atomic E-state index is 10.6. The zero-order valence-corrected chi connectivity index (χ0v) is 8.44. The predicted octanol–water partition coefficient (Wildman–Crippen LogP) is 3.03. The van der Waals surface area contributed by atoms with Gasteiger partial charge in [-0.1, -0.05) is 13.8 Å². The lowest BCUT2D eigenvalue weighted by Gasteiger charge is -1.81. The van der Waals surface area contributed by atoms with Gasteiger partial charge in [-0.05, 0) is 12.2 Å². The summed E-state index contributed by atoms with van der Waals surface area (Å²) in [4.78, 5) is 13.3. The van der Waals surface area contributed by atoms with E-state index in [1.807, 2.05) is 13.8 Å². The lowest BCUT2D eigenvalue weighted by atomic mass is 10.4. The normalized spacial score (nSPS) is 8.27. The molecule has 62 valence electrons. The highest BCUT2D eigenvalue weighted by molar-refractivity contribution is 7.73. The summed E-state index contributed by atoms with van der Waals surface area (Å²) in [6.45, 7) is 5.51. The van der Waals surface area contributed by atoms with Gasteiger partial charge in [-0.15, -0.1) is 11.3 Å². The number of hydrogen-bond acceptors (Lipinski definition) is 3. The monoisotopic (exact) mass is 189 g/mol. The lowest BCUT2D eigenvalue weighted by Crippen LogP contribution is -1.89. The fraction of sp³-hybridized carbons (Fsp3) is 0.429. The van der Waals surface area contributed by atoms with E-state index in [2.05, 4.69) is 4.98 Å². The van der Waals surface area contributed by atoms with E-state index < -0.39 is 0 Å². The molecule has 0 bridgehead atoms. The van der Waals surface area contributed by atoms with Gasteiger partial charge in [-0.3, -0.25) is 4.79 Å². The molecule has 2 nitrogen and oxygen atoms in total. The van der Waals surface area contributed by atoms with E-state index >= 15 is 0 Å². The minimum atomic E-state index is 0.0300. The van der Waals surface area contributed by atoms with E-state index in [9.17, 15) is 4.79 Å².